The maximum absolute atomic E-state index is 9.20. The Kier molecular flexibility index (Phi) is 4.71. The van der Waals surface area contributed by atoms with E-state index in [4.69, 9.17) is 0 Å². The van der Waals surface area contributed by atoms with Gasteiger partial charge in [0.15, 0.2) is 0 Å². The molecule has 0 amide bonds. The molecular weight excluding hydrogens is 236 g/mol. The number of rotatable bonds is 6. The molecule has 0 spiro atoms. The first-order chi connectivity index (χ1) is 9.31. The Morgan fingerprint density at radius 2 is 2.11 bits per heavy atom. The Bertz CT molecular complexity index is 539. The lowest BCUT2D eigenvalue weighted by atomic mass is 10.0. The lowest BCUT2D eigenvalue weighted by Gasteiger charge is -2.10. The van der Waals surface area contributed by atoms with E-state index in [9.17, 15) is 5.26 Å². The Hall–Kier alpha value is -2.12. The second-order valence-corrected chi connectivity index (χ2v) is 4.49. The summed E-state index contributed by atoms with van der Waals surface area (Å²) in [5.74, 6) is -0.0901. The summed E-state index contributed by atoms with van der Waals surface area (Å²) in [5.41, 5.74) is 2.26. The standard InChI is InChI=1S/C15H18N4/c1-19-15(8-10-18-19)7-9-17-12-14(11-16)13-5-3-2-4-6-13/h2-6,8,10,14,17H,7,9,12H2,1H3. The van der Waals surface area contributed by atoms with Gasteiger partial charge in [-0.25, -0.2) is 0 Å². The molecule has 1 unspecified atom stereocenters. The van der Waals surface area contributed by atoms with E-state index in [0.29, 0.717) is 6.54 Å². The van der Waals surface area contributed by atoms with E-state index in [0.717, 1.165) is 18.5 Å². The Morgan fingerprint density at radius 3 is 2.74 bits per heavy atom. The van der Waals surface area contributed by atoms with Crippen molar-refractivity contribution in [3.8, 4) is 6.07 Å². The predicted octanol–water partition coefficient (Wildman–Crippen LogP) is 1.86. The van der Waals surface area contributed by atoms with Gasteiger partial charge in [0.25, 0.3) is 0 Å². The smallest absolute Gasteiger partial charge is 0.0837 e. The van der Waals surface area contributed by atoms with E-state index in [1.165, 1.54) is 5.69 Å². The quantitative estimate of drug-likeness (QED) is 0.801. The molecular formula is C15H18N4. The van der Waals surface area contributed by atoms with E-state index in [1.807, 2.05) is 48.1 Å². The topological polar surface area (TPSA) is 53.6 Å². The number of benzene rings is 1. The van der Waals surface area contributed by atoms with Crippen molar-refractivity contribution in [3.05, 3.63) is 53.9 Å². The van der Waals surface area contributed by atoms with E-state index >= 15 is 0 Å². The molecule has 4 nitrogen and oxygen atoms in total. The summed E-state index contributed by atoms with van der Waals surface area (Å²) in [6.45, 7) is 1.53. The Balaban J connectivity index is 1.79. The van der Waals surface area contributed by atoms with Crippen LogP contribution in [0.25, 0.3) is 0 Å². The van der Waals surface area contributed by atoms with Crippen LogP contribution < -0.4 is 5.32 Å². The summed E-state index contributed by atoms with van der Waals surface area (Å²) in [6.07, 6.45) is 2.72. The lowest BCUT2D eigenvalue weighted by molar-refractivity contribution is 0.623. The van der Waals surface area contributed by atoms with Gasteiger partial charge in [0.1, 0.15) is 0 Å². The summed E-state index contributed by atoms with van der Waals surface area (Å²) in [7, 11) is 1.94. The van der Waals surface area contributed by atoms with E-state index < -0.39 is 0 Å². The normalized spacial score (nSPS) is 12.0. The summed E-state index contributed by atoms with van der Waals surface area (Å²) in [4.78, 5) is 0. The molecule has 0 aliphatic rings. The van der Waals surface area contributed by atoms with Crippen molar-refractivity contribution in [1.82, 2.24) is 15.1 Å². The largest absolute Gasteiger partial charge is 0.315 e. The second kappa shape index (κ2) is 6.72. The van der Waals surface area contributed by atoms with Gasteiger partial charge < -0.3 is 5.32 Å². The van der Waals surface area contributed by atoms with Gasteiger partial charge in [0.05, 0.1) is 12.0 Å². The van der Waals surface area contributed by atoms with Crippen molar-refractivity contribution in [3.63, 3.8) is 0 Å². The maximum atomic E-state index is 9.20. The molecule has 0 saturated carbocycles. The number of nitriles is 1. The molecule has 1 aromatic heterocycles. The summed E-state index contributed by atoms with van der Waals surface area (Å²) < 4.78 is 1.88. The highest BCUT2D eigenvalue weighted by atomic mass is 15.3. The first-order valence-electron chi connectivity index (χ1n) is 6.43. The number of aromatic nitrogens is 2. The third-order valence-corrected chi connectivity index (χ3v) is 3.19. The SMILES string of the molecule is Cn1nccc1CCNCC(C#N)c1ccccc1. The summed E-state index contributed by atoms with van der Waals surface area (Å²) in [5, 5.41) is 16.7. The number of nitrogens with zero attached hydrogens (tertiary/aromatic N) is 3. The van der Waals surface area contributed by atoms with Gasteiger partial charge in [-0.05, 0) is 11.6 Å². The molecule has 1 atom stereocenters. The average molecular weight is 254 g/mol. The van der Waals surface area contributed by atoms with Gasteiger partial charge >= 0.3 is 0 Å². The molecule has 0 saturated heterocycles. The Labute approximate surface area is 113 Å². The monoisotopic (exact) mass is 254 g/mol. The van der Waals surface area contributed by atoms with Crippen molar-refractivity contribution < 1.29 is 0 Å². The molecule has 1 heterocycles. The van der Waals surface area contributed by atoms with Crippen molar-refractivity contribution in [2.24, 2.45) is 7.05 Å². The average Bonchev–Trinajstić information content (AvgIpc) is 2.85. The van der Waals surface area contributed by atoms with Crippen molar-refractivity contribution in [2.45, 2.75) is 12.3 Å². The van der Waals surface area contributed by atoms with Crippen molar-refractivity contribution >= 4 is 0 Å². The minimum Gasteiger partial charge on any atom is -0.315 e. The number of hydrogen-bond acceptors (Lipinski definition) is 3. The molecule has 2 aromatic rings. The van der Waals surface area contributed by atoms with Gasteiger partial charge in [0.2, 0.25) is 0 Å². The third kappa shape index (κ3) is 3.67. The maximum Gasteiger partial charge on any atom is 0.0837 e. The molecule has 0 aliphatic heterocycles. The van der Waals surface area contributed by atoms with Gasteiger partial charge in [-0.3, -0.25) is 4.68 Å². The Morgan fingerprint density at radius 1 is 1.32 bits per heavy atom. The summed E-state index contributed by atoms with van der Waals surface area (Å²) in [6, 6.07) is 14.3. The van der Waals surface area contributed by atoms with Gasteiger partial charge in [-0.2, -0.15) is 10.4 Å². The van der Waals surface area contributed by atoms with E-state index in [-0.39, 0.29) is 5.92 Å². The zero-order valence-corrected chi connectivity index (χ0v) is 11.1. The molecule has 19 heavy (non-hydrogen) atoms. The number of hydrogen-bond donors (Lipinski definition) is 1. The van der Waals surface area contributed by atoms with Crippen LogP contribution in [0.2, 0.25) is 0 Å². The van der Waals surface area contributed by atoms with Gasteiger partial charge in [-0.15, -0.1) is 0 Å². The minimum atomic E-state index is -0.0901. The first-order valence-corrected chi connectivity index (χ1v) is 6.43. The molecule has 0 aliphatic carbocycles. The van der Waals surface area contributed by atoms with Crippen LogP contribution in [-0.4, -0.2) is 22.9 Å². The molecule has 2 rings (SSSR count). The van der Waals surface area contributed by atoms with Crippen LogP contribution in [0.15, 0.2) is 42.6 Å². The molecule has 0 bridgehead atoms. The molecule has 98 valence electrons. The summed E-state index contributed by atoms with van der Waals surface area (Å²) >= 11 is 0. The number of aryl methyl sites for hydroxylation is 1. The predicted molar refractivity (Wildman–Crippen MR) is 74.6 cm³/mol. The van der Waals surface area contributed by atoms with Crippen LogP contribution in [0.5, 0.6) is 0 Å². The van der Waals surface area contributed by atoms with Crippen LogP contribution in [0.4, 0.5) is 0 Å². The fraction of sp³-hybridized carbons (Fsp3) is 0.333. The lowest BCUT2D eigenvalue weighted by Crippen LogP contribution is -2.23. The van der Waals surface area contributed by atoms with E-state index in [1.54, 1.807) is 6.20 Å². The third-order valence-electron chi connectivity index (χ3n) is 3.19. The molecule has 1 N–H and O–H groups in total. The van der Waals surface area contributed by atoms with E-state index in [2.05, 4.69) is 16.5 Å². The number of nitrogens with one attached hydrogen (secondary N) is 1. The second-order valence-electron chi connectivity index (χ2n) is 4.49. The van der Waals surface area contributed by atoms with Crippen LogP contribution in [0, 0.1) is 11.3 Å². The van der Waals surface area contributed by atoms with Crippen LogP contribution in [0.1, 0.15) is 17.2 Å². The zero-order valence-electron chi connectivity index (χ0n) is 11.1. The molecule has 0 radical (unpaired) electrons. The zero-order chi connectivity index (χ0) is 13.5. The van der Waals surface area contributed by atoms with Crippen molar-refractivity contribution in [2.75, 3.05) is 13.1 Å². The fourth-order valence-corrected chi connectivity index (χ4v) is 2.03. The minimum absolute atomic E-state index is 0.0901. The highest BCUT2D eigenvalue weighted by molar-refractivity contribution is 5.25. The highest BCUT2D eigenvalue weighted by Gasteiger charge is 2.09. The van der Waals surface area contributed by atoms with Crippen LogP contribution >= 0.6 is 0 Å². The van der Waals surface area contributed by atoms with Crippen LogP contribution in [-0.2, 0) is 13.5 Å². The van der Waals surface area contributed by atoms with Crippen molar-refractivity contribution in [1.29, 1.82) is 5.26 Å². The highest BCUT2D eigenvalue weighted by Crippen LogP contribution is 2.12. The molecule has 4 heteroatoms. The van der Waals surface area contributed by atoms with Gasteiger partial charge in [-0.1, -0.05) is 30.3 Å². The van der Waals surface area contributed by atoms with Gasteiger partial charge in [0, 0.05) is 38.4 Å². The van der Waals surface area contributed by atoms with Crippen LogP contribution in [0.3, 0.4) is 0 Å². The molecule has 1 aromatic carbocycles. The molecule has 0 fully saturated rings. The fourth-order valence-electron chi connectivity index (χ4n) is 2.03. The first kappa shape index (κ1) is 13.3.